The highest BCUT2D eigenvalue weighted by atomic mass is 35.5. The number of nitrogens with zero attached hydrogens (tertiary/aromatic N) is 8. The number of aryl methyl sites for hydroxylation is 2. The minimum Gasteiger partial charge on any atom is -0.395 e. The second-order valence-corrected chi connectivity index (χ2v) is 36.2. The van der Waals surface area contributed by atoms with E-state index in [0.717, 1.165) is 140 Å². The molecule has 12 rings (SSSR count). The number of anilines is 8. The normalized spacial score (nSPS) is 11.0. The third kappa shape index (κ3) is 37.7. The van der Waals surface area contributed by atoms with Crippen LogP contribution < -0.4 is 62.1 Å². The van der Waals surface area contributed by atoms with Crippen LogP contribution in [-0.2, 0) is 19.3 Å². The summed E-state index contributed by atoms with van der Waals surface area (Å²) in [6.45, 7) is 15.5. The average molecular weight is 2050 g/mol. The molecule has 12 aromatic carbocycles. The van der Waals surface area contributed by atoms with Crippen LogP contribution in [0.25, 0.3) is 0 Å². The van der Waals surface area contributed by atoms with Gasteiger partial charge in [-0.05, 0) is 257 Å². The van der Waals surface area contributed by atoms with Crippen LogP contribution in [0.2, 0.25) is 30.1 Å². The molecule has 0 spiro atoms. The van der Waals surface area contributed by atoms with Crippen molar-refractivity contribution in [2.75, 3.05) is 249 Å². The molecule has 0 aliphatic heterocycles. The summed E-state index contributed by atoms with van der Waals surface area (Å²) >= 11 is 37.8. The zero-order chi connectivity index (χ0) is 102. The molecule has 0 fully saturated rings. The zero-order valence-corrected chi connectivity index (χ0v) is 85.4. The van der Waals surface area contributed by atoms with Crippen molar-refractivity contribution >= 4 is 115 Å². The van der Waals surface area contributed by atoms with Crippen molar-refractivity contribution < 1.29 is 61.3 Å². The Hall–Kier alpha value is -9.86. The quantitative estimate of drug-likeness (QED) is 0.0157. The maximum atomic E-state index is 9.45. The second-order valence-electron chi connectivity index (χ2n) is 33.6. The fourth-order valence-corrected chi connectivity index (χ4v) is 17.9. The molecular weight excluding hydrogens is 1910 g/mol. The van der Waals surface area contributed by atoms with Gasteiger partial charge in [-0.2, -0.15) is 0 Å². The number of rotatable bonds is 52. The highest BCUT2D eigenvalue weighted by Crippen LogP contribution is 2.43. The van der Waals surface area contributed by atoms with E-state index in [9.17, 15) is 40.9 Å². The number of hydrogen-bond donors (Lipinski definition) is 16. The summed E-state index contributed by atoms with van der Waals surface area (Å²) in [5.41, 5.74) is 46.3. The number of halogens is 6. The minimum absolute atomic E-state index is 0.0172. The molecule has 141 heavy (non-hydrogen) atoms. The lowest BCUT2D eigenvalue weighted by molar-refractivity contribution is 0.280. The number of aliphatic hydroxyl groups excluding tert-OH is 12. The molecule has 0 bridgehead atoms. The molecule has 0 aromatic heterocycles. The summed E-state index contributed by atoms with van der Waals surface area (Å²) in [5, 5.41) is 116. The van der Waals surface area contributed by atoms with Crippen molar-refractivity contribution in [3.63, 3.8) is 0 Å². The van der Waals surface area contributed by atoms with E-state index in [4.69, 9.17) is 113 Å². The van der Waals surface area contributed by atoms with Gasteiger partial charge >= 0.3 is 0 Å². The number of aliphatic hydroxyl groups is 12. The van der Waals surface area contributed by atoms with Gasteiger partial charge in [0.2, 0.25) is 0 Å². The molecule has 0 atom stereocenters. The molecule has 0 aliphatic rings. The summed E-state index contributed by atoms with van der Waals surface area (Å²) in [6.07, 6.45) is 2.62. The summed E-state index contributed by atoms with van der Waals surface area (Å²) < 4.78 is 0. The van der Waals surface area contributed by atoms with Crippen molar-refractivity contribution in [2.24, 2.45) is 22.9 Å². The van der Waals surface area contributed by atoms with Crippen LogP contribution in [-0.4, -0.2) is 271 Å². The Bertz CT molecular complexity index is 4980. The van der Waals surface area contributed by atoms with Crippen LogP contribution in [0.15, 0.2) is 267 Å². The first-order valence-electron chi connectivity index (χ1n) is 47.8. The van der Waals surface area contributed by atoms with Crippen molar-refractivity contribution in [3.8, 4) is 0 Å². The Morgan fingerprint density at radius 1 is 0.199 bits per heavy atom. The van der Waals surface area contributed by atoms with Crippen LogP contribution in [0.4, 0.5) is 45.5 Å². The van der Waals surface area contributed by atoms with E-state index in [0.29, 0.717) is 125 Å². The van der Waals surface area contributed by atoms with Crippen molar-refractivity contribution in [3.05, 3.63) is 375 Å². The fraction of sp³-hybridized carbons (Fsp3) is 0.351. The Balaban J connectivity index is 0.000000220. The van der Waals surface area contributed by atoms with Crippen molar-refractivity contribution in [1.82, 2.24) is 0 Å². The van der Waals surface area contributed by atoms with Gasteiger partial charge in [-0.3, -0.25) is 0 Å². The number of benzene rings is 12. The lowest BCUT2D eigenvalue weighted by atomic mass is 9.81. The maximum absolute atomic E-state index is 9.45. The van der Waals surface area contributed by atoms with E-state index in [1.807, 2.05) is 175 Å². The molecule has 0 heterocycles. The largest absolute Gasteiger partial charge is 0.395 e. The third-order valence-electron chi connectivity index (χ3n) is 23.9. The lowest BCUT2D eigenvalue weighted by Gasteiger charge is -2.28. The highest BCUT2D eigenvalue weighted by Gasteiger charge is 2.27. The standard InChI is InChI=1S/C29H37ClN2O4.C27H31Cl3N2O4.C21H32N4O2.C17H22ClN3.C17H20ClNO2/c1-21-19-25(31(11-15-33)12-16-34)7-9-27(21)29(23-3-5-24(30)6-4-23)28-10-8-26(20-22(28)2)32(13-17-35)14-18-36;28-20-3-1-19(2-4-20)27(23-7-5-21(17-25(23)29)31(9-13-33)10-14-34)24-8-6-22(18-26(24)30)32(11-15-35)12-16-36;22-9-11-24(12-10-23)20-5-1-18(2-6-20)17-19-3-7-21(8-4-19)25(13-15-26)14-16-27;18-16-5-1-14(2-6-16)13-15-3-7-17(8-4-15)21(11-9-19)12-10-20;18-16-5-1-14(2-6-16)13-15-3-7-17(8-4-15)19(9-11-20)10-12-21/h3-10,19-20,29,33-36H,11-18H2,1-2H3;1-8,17-18,27,33-36H,9-16H2;1-8,26-27H,9-17,22-23H2;1-8H,9-13,19-20H2;1-8,20-21H,9-13H2. The molecule has 20 N–H and O–H groups in total. The molecule has 0 saturated heterocycles. The van der Waals surface area contributed by atoms with Crippen LogP contribution in [0, 0.1) is 13.8 Å². The van der Waals surface area contributed by atoms with Crippen LogP contribution in [0.5, 0.6) is 0 Å². The van der Waals surface area contributed by atoms with Gasteiger partial charge in [0.15, 0.2) is 0 Å². The zero-order valence-electron chi connectivity index (χ0n) is 80.8. The molecule has 0 aliphatic carbocycles. The first kappa shape index (κ1) is 116. The Morgan fingerprint density at radius 3 is 0.553 bits per heavy atom. The molecule has 0 radical (unpaired) electrons. The van der Waals surface area contributed by atoms with Gasteiger partial charge in [0.25, 0.3) is 0 Å². The smallest absolute Gasteiger partial charge is 0.0606 e. The van der Waals surface area contributed by atoms with Crippen LogP contribution in [0.3, 0.4) is 0 Å². The molecular formula is C111H142Cl6N12O12. The molecule has 0 amide bonds. The van der Waals surface area contributed by atoms with Gasteiger partial charge < -0.3 is 123 Å². The van der Waals surface area contributed by atoms with Crippen LogP contribution >= 0.6 is 69.6 Å². The fourth-order valence-electron chi connectivity index (χ4n) is 16.9. The third-order valence-corrected chi connectivity index (χ3v) is 25.5. The van der Waals surface area contributed by atoms with Gasteiger partial charge in [0.1, 0.15) is 0 Å². The Morgan fingerprint density at radius 2 is 0.362 bits per heavy atom. The maximum Gasteiger partial charge on any atom is 0.0606 e. The number of nitrogens with two attached hydrogens (primary N) is 4. The monoisotopic (exact) mass is 2040 g/mol. The van der Waals surface area contributed by atoms with Crippen molar-refractivity contribution in [2.45, 2.75) is 44.9 Å². The molecule has 0 saturated carbocycles. The molecule has 760 valence electrons. The first-order valence-corrected chi connectivity index (χ1v) is 50.1. The summed E-state index contributed by atoms with van der Waals surface area (Å²) in [7, 11) is 0. The van der Waals surface area contributed by atoms with Crippen LogP contribution in [0.1, 0.15) is 89.7 Å². The van der Waals surface area contributed by atoms with E-state index >= 15 is 0 Å². The van der Waals surface area contributed by atoms with Gasteiger partial charge in [-0.15, -0.1) is 0 Å². The van der Waals surface area contributed by atoms with E-state index in [2.05, 4.69) is 145 Å². The van der Waals surface area contributed by atoms with E-state index in [1.54, 1.807) is 0 Å². The SMILES string of the molecule is Cc1cc(N(CCO)CCO)ccc1C(c1ccc(Cl)cc1)c1ccc(N(CCO)CCO)cc1C.NCCN(CCN)c1ccc(Cc2ccc(Cl)cc2)cc1.NCCN(CCN)c1ccc(Cc2ccc(N(CCO)CCO)cc2)cc1.OCCN(CCO)c1ccc(C(c2ccc(Cl)cc2)c2ccc(N(CCO)CCO)cc2Cl)c(Cl)c1.OCCN(CCO)c1ccc(Cc2ccc(Cl)cc2)cc1. The van der Waals surface area contributed by atoms with Gasteiger partial charge in [0, 0.05) is 218 Å². The van der Waals surface area contributed by atoms with Gasteiger partial charge in [-0.1, -0.05) is 191 Å². The van der Waals surface area contributed by atoms with Gasteiger partial charge in [-0.25, -0.2) is 0 Å². The van der Waals surface area contributed by atoms with Crippen molar-refractivity contribution in [1.29, 1.82) is 0 Å². The second kappa shape index (κ2) is 64.7. The highest BCUT2D eigenvalue weighted by molar-refractivity contribution is 6.33. The summed E-state index contributed by atoms with van der Waals surface area (Å²) in [5.74, 6) is -0.322. The Kier molecular flexibility index (Phi) is 53.4. The number of hydrogen-bond acceptors (Lipinski definition) is 24. The first-order chi connectivity index (χ1) is 68.5. The van der Waals surface area contributed by atoms with Gasteiger partial charge in [0.05, 0.1) is 79.3 Å². The van der Waals surface area contributed by atoms with E-state index in [-0.39, 0.29) is 91.1 Å². The minimum atomic E-state index is -0.293. The predicted molar refractivity (Wildman–Crippen MR) is 586 cm³/mol. The average Bonchev–Trinajstić information content (AvgIpc) is 0.780. The van der Waals surface area contributed by atoms with E-state index in [1.165, 1.54) is 39.1 Å². The molecule has 24 nitrogen and oxygen atoms in total. The summed E-state index contributed by atoms with van der Waals surface area (Å²) in [6, 6.07) is 88.8. The van der Waals surface area contributed by atoms with E-state index < -0.39 is 0 Å². The molecule has 12 aromatic rings. The lowest BCUT2D eigenvalue weighted by Crippen LogP contribution is -2.33. The predicted octanol–water partition coefficient (Wildman–Crippen LogP) is 14.3. The summed E-state index contributed by atoms with van der Waals surface area (Å²) in [4.78, 5) is 16.0. The molecule has 30 heteroatoms. The Labute approximate surface area is 862 Å². The topological polar surface area (TPSA) is 373 Å². The molecule has 0 unspecified atom stereocenters.